The summed E-state index contributed by atoms with van der Waals surface area (Å²) in [6.07, 6.45) is 9.79. The molecule has 0 radical (unpaired) electrons. The lowest BCUT2D eigenvalue weighted by molar-refractivity contribution is 0.663. The summed E-state index contributed by atoms with van der Waals surface area (Å²) >= 11 is 0. The maximum atomic E-state index is 5.64. The standard InChI is InChI=1S/C11H19N/c1-4-7-11(12)9-6-5-8-10(2)3/h4-7,10H,1,8-9,12H2,2-3H3/b6-5?,11-7+. The molecule has 68 valence electrons. The first-order valence-electron chi connectivity index (χ1n) is 4.39. The van der Waals surface area contributed by atoms with Crippen molar-refractivity contribution in [2.45, 2.75) is 26.7 Å². The lowest BCUT2D eigenvalue weighted by Gasteiger charge is -1.97. The molecule has 2 N–H and O–H groups in total. The number of nitrogens with two attached hydrogens (primary N) is 1. The van der Waals surface area contributed by atoms with Gasteiger partial charge in [-0.1, -0.05) is 38.7 Å². The number of hydrogen-bond acceptors (Lipinski definition) is 1. The molecule has 0 aromatic carbocycles. The van der Waals surface area contributed by atoms with E-state index in [9.17, 15) is 0 Å². The summed E-state index contributed by atoms with van der Waals surface area (Å²) in [7, 11) is 0. The maximum absolute atomic E-state index is 5.64. The van der Waals surface area contributed by atoms with E-state index >= 15 is 0 Å². The van der Waals surface area contributed by atoms with E-state index in [1.54, 1.807) is 6.08 Å². The van der Waals surface area contributed by atoms with Crippen LogP contribution in [0, 0.1) is 5.92 Å². The van der Waals surface area contributed by atoms with Crippen molar-refractivity contribution in [3.8, 4) is 0 Å². The Morgan fingerprint density at radius 1 is 1.42 bits per heavy atom. The molecule has 0 saturated carbocycles. The molecule has 0 bridgehead atoms. The molecule has 1 nitrogen and oxygen atoms in total. The van der Waals surface area contributed by atoms with Gasteiger partial charge in [0.15, 0.2) is 0 Å². The van der Waals surface area contributed by atoms with E-state index in [1.807, 2.05) is 6.08 Å². The Hall–Kier alpha value is -0.980. The summed E-state index contributed by atoms with van der Waals surface area (Å²) in [5.74, 6) is 0.728. The van der Waals surface area contributed by atoms with Crippen molar-refractivity contribution in [3.63, 3.8) is 0 Å². The Kier molecular flexibility index (Phi) is 6.16. The van der Waals surface area contributed by atoms with Gasteiger partial charge in [-0.15, -0.1) is 0 Å². The van der Waals surface area contributed by atoms with Crippen molar-refractivity contribution < 1.29 is 0 Å². The molecule has 0 amide bonds. The van der Waals surface area contributed by atoms with Gasteiger partial charge >= 0.3 is 0 Å². The van der Waals surface area contributed by atoms with E-state index in [1.165, 1.54) is 0 Å². The van der Waals surface area contributed by atoms with Crippen molar-refractivity contribution >= 4 is 0 Å². The van der Waals surface area contributed by atoms with Gasteiger partial charge in [0.05, 0.1) is 0 Å². The summed E-state index contributed by atoms with van der Waals surface area (Å²) < 4.78 is 0. The summed E-state index contributed by atoms with van der Waals surface area (Å²) in [6, 6.07) is 0. The Morgan fingerprint density at radius 2 is 2.08 bits per heavy atom. The van der Waals surface area contributed by atoms with E-state index in [0.717, 1.165) is 24.5 Å². The monoisotopic (exact) mass is 165 g/mol. The van der Waals surface area contributed by atoms with Crippen LogP contribution in [0.2, 0.25) is 0 Å². The molecule has 0 aliphatic heterocycles. The second kappa shape index (κ2) is 6.71. The SMILES string of the molecule is C=C/C=C(/N)CC=CCC(C)C. The van der Waals surface area contributed by atoms with Crippen LogP contribution in [0.4, 0.5) is 0 Å². The van der Waals surface area contributed by atoms with Crippen LogP contribution in [0.3, 0.4) is 0 Å². The van der Waals surface area contributed by atoms with Gasteiger partial charge in [0.2, 0.25) is 0 Å². The van der Waals surface area contributed by atoms with E-state index in [-0.39, 0.29) is 0 Å². The molecule has 0 aliphatic carbocycles. The largest absolute Gasteiger partial charge is 0.402 e. The van der Waals surface area contributed by atoms with Crippen LogP contribution in [0.15, 0.2) is 36.6 Å². The quantitative estimate of drug-likeness (QED) is 0.492. The third-order valence-corrected chi connectivity index (χ3v) is 1.46. The predicted molar refractivity (Wildman–Crippen MR) is 55.7 cm³/mol. The molecule has 0 aliphatic rings. The van der Waals surface area contributed by atoms with E-state index in [4.69, 9.17) is 5.73 Å². The van der Waals surface area contributed by atoms with Crippen LogP contribution in [-0.2, 0) is 0 Å². The van der Waals surface area contributed by atoms with Crippen LogP contribution < -0.4 is 5.73 Å². The average molecular weight is 165 g/mol. The molecular weight excluding hydrogens is 146 g/mol. The number of rotatable bonds is 5. The zero-order chi connectivity index (χ0) is 9.40. The summed E-state index contributed by atoms with van der Waals surface area (Å²) in [6.45, 7) is 7.98. The first kappa shape index (κ1) is 11.0. The van der Waals surface area contributed by atoms with Crippen molar-refractivity contribution in [3.05, 3.63) is 36.6 Å². The highest BCUT2D eigenvalue weighted by atomic mass is 14.6. The third-order valence-electron chi connectivity index (χ3n) is 1.46. The third kappa shape index (κ3) is 7.13. The number of allylic oxidation sites excluding steroid dienone is 4. The second-order valence-corrected chi connectivity index (χ2v) is 3.28. The fraction of sp³-hybridized carbons (Fsp3) is 0.455. The Morgan fingerprint density at radius 3 is 2.58 bits per heavy atom. The van der Waals surface area contributed by atoms with Crippen molar-refractivity contribution in [1.82, 2.24) is 0 Å². The smallest absolute Gasteiger partial charge is 0.0119 e. The Labute approximate surface area is 75.7 Å². The van der Waals surface area contributed by atoms with Gasteiger partial charge in [0.25, 0.3) is 0 Å². The van der Waals surface area contributed by atoms with E-state index in [2.05, 4.69) is 32.6 Å². The molecule has 0 aromatic heterocycles. The van der Waals surface area contributed by atoms with Gasteiger partial charge in [-0.2, -0.15) is 0 Å². The first-order chi connectivity index (χ1) is 5.66. The average Bonchev–Trinajstić information content (AvgIpc) is 1.98. The molecule has 0 saturated heterocycles. The Balaban J connectivity index is 3.60. The molecule has 0 rings (SSSR count). The van der Waals surface area contributed by atoms with Crippen LogP contribution in [0.5, 0.6) is 0 Å². The van der Waals surface area contributed by atoms with E-state index in [0.29, 0.717) is 0 Å². The predicted octanol–water partition coefficient (Wildman–Crippen LogP) is 3.01. The molecule has 12 heavy (non-hydrogen) atoms. The van der Waals surface area contributed by atoms with Gasteiger partial charge in [0, 0.05) is 12.1 Å². The molecule has 1 heteroatoms. The van der Waals surface area contributed by atoms with E-state index < -0.39 is 0 Å². The second-order valence-electron chi connectivity index (χ2n) is 3.28. The topological polar surface area (TPSA) is 26.0 Å². The Bertz CT molecular complexity index is 175. The lowest BCUT2D eigenvalue weighted by atomic mass is 10.1. The fourth-order valence-corrected chi connectivity index (χ4v) is 0.807. The molecule has 0 atom stereocenters. The highest BCUT2D eigenvalue weighted by Gasteiger charge is 1.87. The number of hydrogen-bond donors (Lipinski definition) is 1. The lowest BCUT2D eigenvalue weighted by Crippen LogP contribution is -1.93. The maximum Gasteiger partial charge on any atom is 0.0119 e. The fourth-order valence-electron chi connectivity index (χ4n) is 0.807. The summed E-state index contributed by atoms with van der Waals surface area (Å²) in [4.78, 5) is 0. The van der Waals surface area contributed by atoms with Crippen LogP contribution in [0.25, 0.3) is 0 Å². The minimum absolute atomic E-state index is 0.728. The molecule has 0 spiro atoms. The van der Waals surface area contributed by atoms with Crippen molar-refractivity contribution in [2.75, 3.05) is 0 Å². The van der Waals surface area contributed by atoms with Gasteiger partial charge in [-0.3, -0.25) is 0 Å². The van der Waals surface area contributed by atoms with Crippen LogP contribution >= 0.6 is 0 Å². The van der Waals surface area contributed by atoms with Gasteiger partial charge < -0.3 is 5.73 Å². The minimum atomic E-state index is 0.728. The highest BCUT2D eigenvalue weighted by molar-refractivity contribution is 5.10. The van der Waals surface area contributed by atoms with Crippen LogP contribution in [-0.4, -0.2) is 0 Å². The zero-order valence-electron chi connectivity index (χ0n) is 8.09. The highest BCUT2D eigenvalue weighted by Crippen LogP contribution is 2.02. The van der Waals surface area contributed by atoms with Gasteiger partial charge in [0.1, 0.15) is 0 Å². The minimum Gasteiger partial charge on any atom is -0.402 e. The van der Waals surface area contributed by atoms with Gasteiger partial charge in [-0.25, -0.2) is 0 Å². The molecule has 0 aromatic rings. The molecule has 0 heterocycles. The van der Waals surface area contributed by atoms with Gasteiger partial charge in [-0.05, 0) is 18.4 Å². The summed E-state index contributed by atoms with van der Waals surface area (Å²) in [5, 5.41) is 0. The van der Waals surface area contributed by atoms with Crippen molar-refractivity contribution in [1.29, 1.82) is 0 Å². The normalized spacial score (nSPS) is 12.8. The zero-order valence-corrected chi connectivity index (χ0v) is 8.09. The van der Waals surface area contributed by atoms with Crippen LogP contribution in [0.1, 0.15) is 26.7 Å². The molecular formula is C11H19N. The first-order valence-corrected chi connectivity index (χ1v) is 4.39. The molecule has 0 unspecified atom stereocenters. The van der Waals surface area contributed by atoms with Crippen molar-refractivity contribution in [2.24, 2.45) is 11.7 Å². The summed E-state index contributed by atoms with van der Waals surface area (Å²) in [5.41, 5.74) is 6.51. The molecule has 0 fully saturated rings.